The molecule has 1 saturated heterocycles. The zero-order valence-corrected chi connectivity index (χ0v) is 15.6. The van der Waals surface area contributed by atoms with Gasteiger partial charge >= 0.3 is 0 Å². The third-order valence-electron chi connectivity index (χ3n) is 5.05. The lowest BCUT2D eigenvalue weighted by molar-refractivity contribution is -0.139. The van der Waals surface area contributed by atoms with Crippen LogP contribution >= 0.6 is 0 Å². The first-order valence-electron chi connectivity index (χ1n) is 9.27. The fraction of sp³-hybridized carbons (Fsp3) is 0.429. The van der Waals surface area contributed by atoms with Gasteiger partial charge < -0.3 is 14.8 Å². The molecule has 0 radical (unpaired) electrons. The predicted octanol–water partition coefficient (Wildman–Crippen LogP) is 2.48. The van der Waals surface area contributed by atoms with Crippen LogP contribution in [0.15, 0.2) is 36.4 Å². The maximum Gasteiger partial charge on any atom is 0.227 e. The van der Waals surface area contributed by atoms with Crippen LogP contribution in [0.3, 0.4) is 0 Å². The van der Waals surface area contributed by atoms with Gasteiger partial charge in [-0.15, -0.1) is 0 Å². The molecule has 0 bridgehead atoms. The van der Waals surface area contributed by atoms with Gasteiger partial charge in [0.1, 0.15) is 0 Å². The minimum absolute atomic E-state index is 0.142. The second-order valence-electron chi connectivity index (χ2n) is 7.03. The number of amides is 2. The number of H-pyrrole nitrogens is 1. The number of aromatic amines is 1. The number of rotatable bonds is 5. The van der Waals surface area contributed by atoms with E-state index >= 15 is 0 Å². The maximum absolute atomic E-state index is 12.5. The summed E-state index contributed by atoms with van der Waals surface area (Å²) in [6.45, 7) is 6.51. The van der Waals surface area contributed by atoms with Crippen LogP contribution < -0.4 is 0 Å². The van der Waals surface area contributed by atoms with E-state index in [2.05, 4.69) is 17.1 Å². The molecule has 0 aliphatic carbocycles. The van der Waals surface area contributed by atoms with Gasteiger partial charge in [-0.3, -0.25) is 9.59 Å². The summed E-state index contributed by atoms with van der Waals surface area (Å²) in [4.78, 5) is 31.9. The Kier molecular flexibility index (Phi) is 5.76. The monoisotopic (exact) mass is 353 g/mol. The summed E-state index contributed by atoms with van der Waals surface area (Å²) < 4.78 is 0. The van der Waals surface area contributed by atoms with Crippen LogP contribution in [0.25, 0.3) is 0 Å². The van der Waals surface area contributed by atoms with Crippen molar-refractivity contribution in [2.75, 3.05) is 26.2 Å². The van der Waals surface area contributed by atoms with Crippen molar-refractivity contribution in [2.24, 2.45) is 0 Å². The molecule has 1 aromatic carbocycles. The van der Waals surface area contributed by atoms with Crippen molar-refractivity contribution in [1.29, 1.82) is 0 Å². The molecule has 1 N–H and O–H groups in total. The van der Waals surface area contributed by atoms with Gasteiger partial charge in [0.05, 0.1) is 6.42 Å². The molecule has 26 heavy (non-hydrogen) atoms. The number of carbonyl (C=O) groups is 2. The molecule has 138 valence electrons. The molecule has 5 nitrogen and oxygen atoms in total. The van der Waals surface area contributed by atoms with E-state index in [1.165, 1.54) is 5.56 Å². The van der Waals surface area contributed by atoms with E-state index < -0.39 is 0 Å². The maximum atomic E-state index is 12.5. The summed E-state index contributed by atoms with van der Waals surface area (Å²) >= 11 is 0. The van der Waals surface area contributed by atoms with Gasteiger partial charge in [0.15, 0.2) is 0 Å². The normalized spacial score (nSPS) is 14.5. The number of nitrogens with one attached hydrogen (secondary N) is 1. The summed E-state index contributed by atoms with van der Waals surface area (Å²) in [5.74, 6) is 0.321. The smallest absolute Gasteiger partial charge is 0.227 e. The zero-order chi connectivity index (χ0) is 18.5. The van der Waals surface area contributed by atoms with Crippen LogP contribution in [0.1, 0.15) is 28.9 Å². The van der Waals surface area contributed by atoms with Gasteiger partial charge in [0.25, 0.3) is 0 Å². The Balaban J connectivity index is 1.45. The van der Waals surface area contributed by atoms with Crippen LogP contribution in [0.4, 0.5) is 0 Å². The fourth-order valence-corrected chi connectivity index (χ4v) is 3.50. The van der Waals surface area contributed by atoms with E-state index in [1.807, 2.05) is 47.9 Å². The third kappa shape index (κ3) is 4.54. The molecule has 1 aromatic heterocycles. The standard InChI is InChI=1S/C21H27N3O2/c1-16-14-19(17(2)22-16)15-21(26)24-12-10-23(11-13-24)20(25)9-8-18-6-4-3-5-7-18/h3-7,14,22H,8-13,15H2,1-2H3. The van der Waals surface area contributed by atoms with E-state index in [-0.39, 0.29) is 11.8 Å². The summed E-state index contributed by atoms with van der Waals surface area (Å²) in [5.41, 5.74) is 4.39. The average molecular weight is 353 g/mol. The Morgan fingerprint density at radius 1 is 0.962 bits per heavy atom. The first-order valence-corrected chi connectivity index (χ1v) is 9.27. The van der Waals surface area contributed by atoms with Crippen molar-refractivity contribution in [3.63, 3.8) is 0 Å². The topological polar surface area (TPSA) is 56.4 Å². The third-order valence-corrected chi connectivity index (χ3v) is 5.05. The van der Waals surface area contributed by atoms with Gasteiger partial charge in [0.2, 0.25) is 11.8 Å². The Morgan fingerprint density at radius 2 is 1.58 bits per heavy atom. The van der Waals surface area contributed by atoms with Crippen LogP contribution in [0.2, 0.25) is 0 Å². The predicted molar refractivity (Wildman–Crippen MR) is 102 cm³/mol. The summed E-state index contributed by atoms with van der Waals surface area (Å²) in [5, 5.41) is 0. The number of carbonyl (C=O) groups excluding carboxylic acids is 2. The van der Waals surface area contributed by atoms with Crippen molar-refractivity contribution in [2.45, 2.75) is 33.1 Å². The zero-order valence-electron chi connectivity index (χ0n) is 15.6. The number of piperazine rings is 1. The molecule has 1 aliphatic rings. The summed E-state index contributed by atoms with van der Waals surface area (Å²) in [6, 6.07) is 12.1. The number of hydrogen-bond acceptors (Lipinski definition) is 2. The molecule has 0 unspecified atom stereocenters. The first-order chi connectivity index (χ1) is 12.5. The highest BCUT2D eigenvalue weighted by Gasteiger charge is 2.24. The Bertz CT molecular complexity index is 759. The van der Waals surface area contributed by atoms with Crippen molar-refractivity contribution in [1.82, 2.24) is 14.8 Å². The van der Waals surface area contributed by atoms with Crippen molar-refractivity contribution < 1.29 is 9.59 Å². The van der Waals surface area contributed by atoms with Crippen molar-refractivity contribution >= 4 is 11.8 Å². The summed E-state index contributed by atoms with van der Waals surface area (Å²) in [7, 11) is 0. The molecule has 2 amide bonds. The van der Waals surface area contributed by atoms with Crippen LogP contribution in [-0.2, 0) is 22.4 Å². The molecule has 0 saturated carbocycles. The van der Waals surface area contributed by atoms with Crippen LogP contribution in [0, 0.1) is 13.8 Å². The number of hydrogen-bond donors (Lipinski definition) is 1. The highest BCUT2D eigenvalue weighted by Crippen LogP contribution is 2.13. The van der Waals surface area contributed by atoms with E-state index in [0.29, 0.717) is 39.0 Å². The second kappa shape index (κ2) is 8.21. The lowest BCUT2D eigenvalue weighted by Gasteiger charge is -2.35. The van der Waals surface area contributed by atoms with Crippen molar-refractivity contribution in [3.8, 4) is 0 Å². The molecule has 2 heterocycles. The molecule has 1 aliphatic heterocycles. The van der Waals surface area contributed by atoms with Gasteiger partial charge in [-0.1, -0.05) is 30.3 Å². The quantitative estimate of drug-likeness (QED) is 0.898. The molecule has 1 fully saturated rings. The van der Waals surface area contributed by atoms with Gasteiger partial charge in [-0.25, -0.2) is 0 Å². The highest BCUT2D eigenvalue weighted by molar-refractivity contribution is 5.80. The SMILES string of the molecule is Cc1cc(CC(=O)N2CCN(C(=O)CCc3ccccc3)CC2)c(C)[nH]1. The van der Waals surface area contributed by atoms with Gasteiger partial charge in [-0.2, -0.15) is 0 Å². The van der Waals surface area contributed by atoms with Gasteiger partial charge in [0, 0.05) is 44.0 Å². The minimum atomic E-state index is 0.142. The fourth-order valence-electron chi connectivity index (χ4n) is 3.50. The number of aryl methyl sites for hydroxylation is 3. The Morgan fingerprint density at radius 3 is 2.15 bits per heavy atom. The molecule has 0 atom stereocenters. The molecule has 3 rings (SSSR count). The average Bonchev–Trinajstić information content (AvgIpc) is 2.97. The molecular weight excluding hydrogens is 326 g/mol. The number of nitrogens with zero attached hydrogens (tertiary/aromatic N) is 2. The molecular formula is C21H27N3O2. The Labute approximate surface area is 155 Å². The summed E-state index contributed by atoms with van der Waals surface area (Å²) in [6.07, 6.45) is 1.73. The van der Waals surface area contributed by atoms with E-state index in [1.54, 1.807) is 0 Å². The van der Waals surface area contributed by atoms with Crippen molar-refractivity contribution in [3.05, 3.63) is 58.9 Å². The lowest BCUT2D eigenvalue weighted by atomic mass is 10.1. The number of benzene rings is 1. The Hall–Kier alpha value is -2.56. The van der Waals surface area contributed by atoms with E-state index in [0.717, 1.165) is 23.4 Å². The first kappa shape index (κ1) is 18.2. The van der Waals surface area contributed by atoms with E-state index in [4.69, 9.17) is 0 Å². The second-order valence-corrected chi connectivity index (χ2v) is 7.03. The lowest BCUT2D eigenvalue weighted by Crippen LogP contribution is -2.51. The van der Waals surface area contributed by atoms with E-state index in [9.17, 15) is 9.59 Å². The minimum Gasteiger partial charge on any atom is -0.362 e. The van der Waals surface area contributed by atoms with Crippen LogP contribution in [0.5, 0.6) is 0 Å². The molecule has 0 spiro atoms. The van der Waals surface area contributed by atoms with Crippen LogP contribution in [-0.4, -0.2) is 52.8 Å². The largest absolute Gasteiger partial charge is 0.362 e. The number of aromatic nitrogens is 1. The molecule has 2 aromatic rings. The molecule has 5 heteroatoms. The highest BCUT2D eigenvalue weighted by atomic mass is 16.2. The van der Waals surface area contributed by atoms with Gasteiger partial charge in [-0.05, 0) is 37.5 Å².